The van der Waals surface area contributed by atoms with Gasteiger partial charge in [0.15, 0.2) is 0 Å². The van der Waals surface area contributed by atoms with E-state index < -0.39 is 5.41 Å². The standard InChI is InChI=1S/C20H28O5/c1-19-9-7-17(23)20(2,12-22)16(19)6-4-14(11-21)15(19)5-3-13-8-10-25-18(13)24/h8,16,21-22H,3-7,9-12H2,1-2H3/t16-,19-,20-/m0/s1. The maximum Gasteiger partial charge on any atom is 0.334 e. The molecule has 0 spiro atoms. The highest BCUT2D eigenvalue weighted by molar-refractivity contribution is 5.90. The Labute approximate surface area is 148 Å². The average Bonchev–Trinajstić information content (AvgIpc) is 3.01. The number of aliphatic hydroxyl groups excluding tert-OH is 2. The van der Waals surface area contributed by atoms with E-state index in [-0.39, 0.29) is 36.3 Å². The zero-order valence-electron chi connectivity index (χ0n) is 15.1. The van der Waals surface area contributed by atoms with Crippen LogP contribution in [0.4, 0.5) is 0 Å². The first-order valence-corrected chi connectivity index (χ1v) is 9.19. The Morgan fingerprint density at radius 1 is 1.20 bits per heavy atom. The molecule has 5 heteroatoms. The number of aliphatic hydroxyl groups is 2. The molecule has 0 radical (unpaired) electrons. The van der Waals surface area contributed by atoms with Gasteiger partial charge in [0, 0.05) is 12.0 Å². The Balaban J connectivity index is 1.92. The van der Waals surface area contributed by atoms with Crippen molar-refractivity contribution in [1.82, 2.24) is 0 Å². The number of Topliss-reactive ketones (excluding diaryl/α,β-unsaturated/α-hetero) is 1. The summed E-state index contributed by atoms with van der Waals surface area (Å²) in [6.45, 7) is 4.28. The van der Waals surface area contributed by atoms with Crippen LogP contribution in [0, 0.1) is 16.7 Å². The highest BCUT2D eigenvalue weighted by Crippen LogP contribution is 2.59. The summed E-state index contributed by atoms with van der Waals surface area (Å²) in [5, 5.41) is 19.8. The number of carbonyl (C=O) groups excluding carboxylic acids is 2. The Bertz CT molecular complexity index is 646. The molecule has 3 atom stereocenters. The minimum Gasteiger partial charge on any atom is -0.458 e. The number of fused-ring (bicyclic) bond motifs is 1. The smallest absolute Gasteiger partial charge is 0.334 e. The van der Waals surface area contributed by atoms with Crippen molar-refractivity contribution in [2.24, 2.45) is 16.7 Å². The van der Waals surface area contributed by atoms with Crippen molar-refractivity contribution in [2.75, 3.05) is 19.8 Å². The van der Waals surface area contributed by atoms with Gasteiger partial charge in [0.05, 0.1) is 18.6 Å². The molecule has 1 aliphatic heterocycles. The van der Waals surface area contributed by atoms with E-state index in [0.29, 0.717) is 31.4 Å². The first-order chi connectivity index (χ1) is 11.9. The van der Waals surface area contributed by atoms with E-state index in [2.05, 4.69) is 6.92 Å². The van der Waals surface area contributed by atoms with Crippen LogP contribution in [0.15, 0.2) is 22.8 Å². The zero-order valence-corrected chi connectivity index (χ0v) is 15.1. The van der Waals surface area contributed by atoms with E-state index >= 15 is 0 Å². The molecule has 0 saturated heterocycles. The van der Waals surface area contributed by atoms with Crippen molar-refractivity contribution in [2.45, 2.75) is 52.4 Å². The first-order valence-electron chi connectivity index (χ1n) is 9.19. The SMILES string of the molecule is C[C@@]12CCC(=O)[C@@](C)(CO)[C@H]1CCC(CO)=C2CCC1=CCOC1=O. The van der Waals surface area contributed by atoms with Crippen LogP contribution in [0.2, 0.25) is 0 Å². The summed E-state index contributed by atoms with van der Waals surface area (Å²) in [6.07, 6.45) is 5.88. The molecular formula is C20H28O5. The summed E-state index contributed by atoms with van der Waals surface area (Å²) in [7, 11) is 0. The van der Waals surface area contributed by atoms with Crippen molar-refractivity contribution < 1.29 is 24.5 Å². The minimum atomic E-state index is -0.717. The van der Waals surface area contributed by atoms with E-state index in [1.165, 1.54) is 5.57 Å². The predicted molar refractivity (Wildman–Crippen MR) is 92.7 cm³/mol. The van der Waals surface area contributed by atoms with Gasteiger partial charge in [-0.3, -0.25) is 4.79 Å². The third kappa shape index (κ3) is 2.87. The minimum absolute atomic E-state index is 0.0188. The third-order valence-corrected chi connectivity index (χ3v) is 6.87. The second-order valence-corrected chi connectivity index (χ2v) is 8.08. The van der Waals surface area contributed by atoms with Gasteiger partial charge in [0.1, 0.15) is 12.4 Å². The molecule has 0 bridgehead atoms. The molecule has 0 amide bonds. The van der Waals surface area contributed by atoms with Gasteiger partial charge in [0.2, 0.25) is 0 Å². The topological polar surface area (TPSA) is 83.8 Å². The Kier molecular flexibility index (Phi) is 4.91. The molecule has 3 aliphatic rings. The molecule has 2 N–H and O–H groups in total. The van der Waals surface area contributed by atoms with Crippen LogP contribution in [0.5, 0.6) is 0 Å². The van der Waals surface area contributed by atoms with Gasteiger partial charge in [0.25, 0.3) is 0 Å². The van der Waals surface area contributed by atoms with Crippen LogP contribution in [-0.4, -0.2) is 41.8 Å². The fourth-order valence-corrected chi connectivity index (χ4v) is 5.30. The number of allylic oxidation sites excluding steroid dienone is 1. The molecule has 0 aromatic carbocycles. The molecule has 0 aromatic heterocycles. The van der Waals surface area contributed by atoms with Gasteiger partial charge in [-0.15, -0.1) is 0 Å². The number of rotatable bonds is 5. The first kappa shape index (κ1) is 18.3. The quantitative estimate of drug-likeness (QED) is 0.588. The molecular weight excluding hydrogens is 320 g/mol. The number of esters is 1. The molecule has 5 nitrogen and oxygen atoms in total. The van der Waals surface area contributed by atoms with E-state index in [1.54, 1.807) is 0 Å². The molecule has 1 heterocycles. The molecule has 1 saturated carbocycles. The Morgan fingerprint density at radius 3 is 2.56 bits per heavy atom. The second-order valence-electron chi connectivity index (χ2n) is 8.08. The number of hydrogen-bond acceptors (Lipinski definition) is 5. The van der Waals surface area contributed by atoms with Crippen molar-refractivity contribution in [1.29, 1.82) is 0 Å². The van der Waals surface area contributed by atoms with Crippen molar-refractivity contribution >= 4 is 11.8 Å². The number of ketones is 1. The molecule has 2 aliphatic carbocycles. The van der Waals surface area contributed by atoms with Gasteiger partial charge in [-0.2, -0.15) is 0 Å². The molecule has 1 fully saturated rings. The lowest BCUT2D eigenvalue weighted by Crippen LogP contribution is -2.53. The Morgan fingerprint density at radius 2 is 1.96 bits per heavy atom. The lowest BCUT2D eigenvalue weighted by molar-refractivity contribution is -0.145. The monoisotopic (exact) mass is 348 g/mol. The van der Waals surface area contributed by atoms with Gasteiger partial charge >= 0.3 is 5.97 Å². The summed E-state index contributed by atoms with van der Waals surface area (Å²) >= 11 is 0. The molecule has 0 unspecified atom stereocenters. The van der Waals surface area contributed by atoms with Crippen LogP contribution in [-0.2, 0) is 14.3 Å². The maximum atomic E-state index is 12.5. The lowest BCUT2D eigenvalue weighted by Gasteiger charge is -2.55. The summed E-state index contributed by atoms with van der Waals surface area (Å²) in [4.78, 5) is 24.2. The average molecular weight is 348 g/mol. The molecule has 25 heavy (non-hydrogen) atoms. The number of cyclic esters (lactones) is 1. The van der Waals surface area contributed by atoms with Crippen LogP contribution in [0.3, 0.4) is 0 Å². The van der Waals surface area contributed by atoms with Crippen LogP contribution in [0.25, 0.3) is 0 Å². The summed E-state index contributed by atoms with van der Waals surface area (Å²) in [6, 6.07) is 0. The fraction of sp³-hybridized carbons (Fsp3) is 0.700. The van der Waals surface area contributed by atoms with Crippen LogP contribution < -0.4 is 0 Å². The van der Waals surface area contributed by atoms with Crippen molar-refractivity contribution in [3.05, 3.63) is 22.8 Å². The van der Waals surface area contributed by atoms with Crippen LogP contribution in [0.1, 0.15) is 52.4 Å². The van der Waals surface area contributed by atoms with E-state index in [1.807, 2.05) is 13.0 Å². The summed E-state index contributed by atoms with van der Waals surface area (Å²) < 4.78 is 4.98. The largest absolute Gasteiger partial charge is 0.458 e. The predicted octanol–water partition coefficient (Wildman–Crippen LogP) is 2.32. The molecule has 0 aromatic rings. The summed E-state index contributed by atoms with van der Waals surface area (Å²) in [5.41, 5.74) is 1.99. The number of carbonyl (C=O) groups is 2. The van der Waals surface area contributed by atoms with Gasteiger partial charge in [-0.05, 0) is 55.1 Å². The Hall–Kier alpha value is -1.46. The fourth-order valence-electron chi connectivity index (χ4n) is 5.30. The normalized spacial score (nSPS) is 35.5. The molecule has 138 valence electrons. The third-order valence-electron chi connectivity index (χ3n) is 6.87. The number of ether oxygens (including phenoxy) is 1. The summed E-state index contributed by atoms with van der Waals surface area (Å²) in [5.74, 6) is -0.0323. The van der Waals surface area contributed by atoms with E-state index in [0.717, 1.165) is 24.8 Å². The number of hydrogen-bond donors (Lipinski definition) is 2. The van der Waals surface area contributed by atoms with Crippen molar-refractivity contribution in [3.63, 3.8) is 0 Å². The highest BCUT2D eigenvalue weighted by Gasteiger charge is 2.55. The maximum absolute atomic E-state index is 12.5. The van der Waals surface area contributed by atoms with Gasteiger partial charge < -0.3 is 14.9 Å². The highest BCUT2D eigenvalue weighted by atomic mass is 16.5. The van der Waals surface area contributed by atoms with E-state index in [4.69, 9.17) is 4.74 Å². The lowest BCUT2D eigenvalue weighted by atomic mass is 9.49. The second kappa shape index (κ2) is 6.69. The van der Waals surface area contributed by atoms with Crippen molar-refractivity contribution in [3.8, 4) is 0 Å². The van der Waals surface area contributed by atoms with Gasteiger partial charge in [-0.25, -0.2) is 4.79 Å². The van der Waals surface area contributed by atoms with Crippen LogP contribution >= 0.6 is 0 Å². The van der Waals surface area contributed by atoms with E-state index in [9.17, 15) is 19.8 Å². The zero-order chi connectivity index (χ0) is 18.2. The van der Waals surface area contributed by atoms with Gasteiger partial charge in [-0.1, -0.05) is 19.4 Å². The molecule has 3 rings (SSSR count).